The lowest BCUT2D eigenvalue weighted by atomic mass is 9.86. The van der Waals surface area contributed by atoms with E-state index in [2.05, 4.69) is 40.2 Å². The molecule has 6 heteroatoms. The van der Waals surface area contributed by atoms with Gasteiger partial charge < -0.3 is 21.7 Å². The molecule has 30 heavy (non-hydrogen) atoms. The Morgan fingerprint density at radius 2 is 1.83 bits per heavy atom. The summed E-state index contributed by atoms with van der Waals surface area (Å²) < 4.78 is 0. The number of nitrogens with two attached hydrogens (primary N) is 1. The second kappa shape index (κ2) is 10.5. The van der Waals surface area contributed by atoms with Gasteiger partial charge in [-0.2, -0.15) is 0 Å². The van der Waals surface area contributed by atoms with Crippen LogP contribution in [0.1, 0.15) is 63.5 Å². The number of nitrogens with zero attached hydrogens (tertiary/aromatic N) is 1. The Bertz CT molecular complexity index is 761. The van der Waals surface area contributed by atoms with Crippen molar-refractivity contribution in [3.05, 3.63) is 40.8 Å². The summed E-state index contributed by atoms with van der Waals surface area (Å²) >= 11 is 6.58. The summed E-state index contributed by atoms with van der Waals surface area (Å²) in [6, 6.07) is 6.68. The fourth-order valence-electron chi connectivity index (χ4n) is 4.93. The quantitative estimate of drug-likeness (QED) is 0.510. The molecule has 0 aromatic carbocycles. The van der Waals surface area contributed by atoms with Crippen molar-refractivity contribution in [1.82, 2.24) is 15.6 Å². The van der Waals surface area contributed by atoms with Gasteiger partial charge in [0.2, 0.25) is 0 Å². The van der Waals surface area contributed by atoms with Crippen LogP contribution < -0.4 is 21.7 Å². The standard InChI is InChI=1S/C24H36ClN5/c25-21-16-28-24(29-19-11-9-17(14-26)10-12-19)13-20(21)22-7-4-8-23(30-22)27-15-18-5-2-1-3-6-18/h4,7-8,13,17-19,28-29H,1-3,5-6,9-12,14-16,26H2,(H,27,30)/t17-,19-. The Hall–Kier alpha value is -1.72. The number of nitrogens with one attached hydrogen (secondary N) is 3. The topological polar surface area (TPSA) is 75.0 Å². The van der Waals surface area contributed by atoms with Gasteiger partial charge in [0, 0.05) is 23.2 Å². The molecular formula is C24H36ClN5. The number of hydrogen-bond acceptors (Lipinski definition) is 5. The summed E-state index contributed by atoms with van der Waals surface area (Å²) in [7, 11) is 0. The molecule has 0 atom stereocenters. The number of rotatable bonds is 7. The summed E-state index contributed by atoms with van der Waals surface area (Å²) in [5.74, 6) is 3.45. The molecule has 1 aromatic rings. The number of dihydropyridines is 1. The SMILES string of the molecule is NC[C@H]1CC[C@H](NC2=CC(c3cccc(NCC4CCCCC4)n3)=C(Cl)CN2)CC1. The normalized spacial score (nSPS) is 25.5. The van der Waals surface area contributed by atoms with Crippen LogP contribution >= 0.6 is 11.6 Å². The van der Waals surface area contributed by atoms with E-state index in [1.165, 1.54) is 57.8 Å². The Balaban J connectivity index is 1.39. The third kappa shape index (κ3) is 5.70. The van der Waals surface area contributed by atoms with Gasteiger partial charge in [0.1, 0.15) is 5.82 Å². The molecule has 164 valence electrons. The van der Waals surface area contributed by atoms with Gasteiger partial charge in [0.05, 0.1) is 18.1 Å². The van der Waals surface area contributed by atoms with E-state index in [4.69, 9.17) is 22.3 Å². The van der Waals surface area contributed by atoms with E-state index in [1.807, 2.05) is 0 Å². The molecule has 1 aliphatic heterocycles. The Morgan fingerprint density at radius 3 is 2.60 bits per heavy atom. The van der Waals surface area contributed by atoms with Crippen molar-refractivity contribution in [2.24, 2.45) is 17.6 Å². The highest BCUT2D eigenvalue weighted by Crippen LogP contribution is 2.28. The van der Waals surface area contributed by atoms with Crippen LogP contribution in [-0.2, 0) is 0 Å². The number of anilines is 1. The Morgan fingerprint density at radius 1 is 1.03 bits per heavy atom. The summed E-state index contributed by atoms with van der Waals surface area (Å²) in [6.45, 7) is 2.46. The first-order valence-corrected chi connectivity index (χ1v) is 12.1. The molecule has 2 saturated carbocycles. The van der Waals surface area contributed by atoms with Gasteiger partial charge in [-0.3, -0.25) is 0 Å². The van der Waals surface area contributed by atoms with E-state index in [0.717, 1.165) is 46.9 Å². The van der Waals surface area contributed by atoms with Crippen LogP contribution in [0, 0.1) is 11.8 Å². The minimum absolute atomic E-state index is 0.501. The largest absolute Gasteiger partial charge is 0.370 e. The first kappa shape index (κ1) is 21.5. The zero-order valence-electron chi connectivity index (χ0n) is 17.9. The third-order valence-corrected chi connectivity index (χ3v) is 7.21. The number of hydrogen-bond donors (Lipinski definition) is 4. The molecule has 5 nitrogen and oxygen atoms in total. The maximum absolute atomic E-state index is 6.58. The van der Waals surface area contributed by atoms with E-state index < -0.39 is 0 Å². The van der Waals surface area contributed by atoms with Gasteiger partial charge in [-0.05, 0) is 75.1 Å². The third-order valence-electron chi connectivity index (χ3n) is 6.88. The molecule has 1 aromatic heterocycles. The van der Waals surface area contributed by atoms with Crippen LogP contribution in [0.25, 0.3) is 5.57 Å². The number of allylic oxidation sites excluding steroid dienone is 2. The maximum Gasteiger partial charge on any atom is 0.126 e. The lowest BCUT2D eigenvalue weighted by Gasteiger charge is -2.31. The van der Waals surface area contributed by atoms with Crippen LogP contribution in [0.4, 0.5) is 5.82 Å². The van der Waals surface area contributed by atoms with Gasteiger partial charge in [0.25, 0.3) is 0 Å². The number of aromatic nitrogens is 1. The molecular weight excluding hydrogens is 394 g/mol. The average molecular weight is 430 g/mol. The molecule has 0 saturated heterocycles. The molecule has 4 rings (SSSR count). The van der Waals surface area contributed by atoms with E-state index in [-0.39, 0.29) is 0 Å². The maximum atomic E-state index is 6.58. The van der Waals surface area contributed by atoms with Crippen LogP contribution in [-0.4, -0.2) is 30.7 Å². The molecule has 5 N–H and O–H groups in total. The van der Waals surface area contributed by atoms with Crippen LogP contribution in [0.3, 0.4) is 0 Å². The lowest BCUT2D eigenvalue weighted by molar-refractivity contribution is 0.305. The van der Waals surface area contributed by atoms with Crippen molar-refractivity contribution < 1.29 is 0 Å². The van der Waals surface area contributed by atoms with Crippen molar-refractivity contribution in [2.45, 2.75) is 63.8 Å². The van der Waals surface area contributed by atoms with Crippen LogP contribution in [0.5, 0.6) is 0 Å². The molecule has 0 spiro atoms. The summed E-state index contributed by atoms with van der Waals surface area (Å²) in [6.07, 6.45) is 13.7. The zero-order chi connectivity index (χ0) is 20.8. The van der Waals surface area contributed by atoms with Gasteiger partial charge in [0.15, 0.2) is 0 Å². The molecule has 2 aliphatic carbocycles. The summed E-state index contributed by atoms with van der Waals surface area (Å²) in [4.78, 5) is 4.87. The van der Waals surface area contributed by atoms with E-state index in [1.54, 1.807) is 0 Å². The molecule has 2 fully saturated rings. The summed E-state index contributed by atoms with van der Waals surface area (Å²) in [5.41, 5.74) is 7.77. The molecule has 0 unspecified atom stereocenters. The zero-order valence-corrected chi connectivity index (χ0v) is 18.7. The highest BCUT2D eigenvalue weighted by Gasteiger charge is 2.22. The smallest absolute Gasteiger partial charge is 0.126 e. The van der Waals surface area contributed by atoms with Crippen molar-refractivity contribution in [1.29, 1.82) is 0 Å². The second-order valence-electron chi connectivity index (χ2n) is 9.12. The Kier molecular flexibility index (Phi) is 7.56. The monoisotopic (exact) mass is 429 g/mol. The molecule has 0 radical (unpaired) electrons. The van der Waals surface area contributed by atoms with Crippen molar-refractivity contribution >= 4 is 23.0 Å². The molecule has 3 aliphatic rings. The van der Waals surface area contributed by atoms with E-state index in [0.29, 0.717) is 18.5 Å². The van der Waals surface area contributed by atoms with Gasteiger partial charge in [-0.25, -0.2) is 4.98 Å². The van der Waals surface area contributed by atoms with Crippen molar-refractivity contribution in [3.63, 3.8) is 0 Å². The van der Waals surface area contributed by atoms with Crippen LogP contribution in [0.2, 0.25) is 0 Å². The molecule has 0 amide bonds. The molecule has 2 heterocycles. The van der Waals surface area contributed by atoms with Gasteiger partial charge in [-0.1, -0.05) is 36.9 Å². The van der Waals surface area contributed by atoms with E-state index >= 15 is 0 Å². The average Bonchev–Trinajstić information content (AvgIpc) is 2.80. The number of halogens is 1. The predicted molar refractivity (Wildman–Crippen MR) is 126 cm³/mol. The first-order chi connectivity index (χ1) is 14.7. The fraction of sp³-hybridized carbons (Fsp3) is 0.625. The van der Waals surface area contributed by atoms with E-state index in [9.17, 15) is 0 Å². The minimum Gasteiger partial charge on any atom is -0.370 e. The second-order valence-corrected chi connectivity index (χ2v) is 9.58. The van der Waals surface area contributed by atoms with Crippen molar-refractivity contribution in [3.8, 4) is 0 Å². The minimum atomic E-state index is 0.501. The number of pyridine rings is 1. The first-order valence-electron chi connectivity index (χ1n) is 11.7. The fourth-order valence-corrected chi connectivity index (χ4v) is 5.15. The van der Waals surface area contributed by atoms with Crippen molar-refractivity contribution in [2.75, 3.05) is 25.0 Å². The highest BCUT2D eigenvalue weighted by atomic mass is 35.5. The van der Waals surface area contributed by atoms with Crippen LogP contribution in [0.15, 0.2) is 35.1 Å². The summed E-state index contributed by atoms with van der Waals surface area (Å²) in [5, 5.41) is 11.5. The van der Waals surface area contributed by atoms with Gasteiger partial charge >= 0.3 is 0 Å². The molecule has 0 bridgehead atoms. The highest BCUT2D eigenvalue weighted by molar-refractivity contribution is 6.33. The predicted octanol–water partition coefficient (Wildman–Crippen LogP) is 4.58. The van der Waals surface area contributed by atoms with Gasteiger partial charge in [-0.15, -0.1) is 0 Å². The Labute approximate surface area is 185 Å². The lowest BCUT2D eigenvalue weighted by Crippen LogP contribution is -2.39.